The largest absolute Gasteiger partial charge is 0.495 e. The summed E-state index contributed by atoms with van der Waals surface area (Å²) in [5.74, 6) is 1.29. The highest BCUT2D eigenvalue weighted by Gasteiger charge is 2.05. The Kier molecular flexibility index (Phi) is 4.58. The molecule has 0 fully saturated rings. The van der Waals surface area contributed by atoms with E-state index >= 15 is 0 Å². The van der Waals surface area contributed by atoms with E-state index in [4.69, 9.17) is 26.8 Å². The Labute approximate surface area is 123 Å². The van der Waals surface area contributed by atoms with Crippen LogP contribution in [0.2, 0.25) is 5.02 Å². The highest BCUT2D eigenvalue weighted by atomic mass is 35.5. The van der Waals surface area contributed by atoms with Gasteiger partial charge in [0.25, 0.3) is 0 Å². The van der Waals surface area contributed by atoms with Gasteiger partial charge in [0.2, 0.25) is 0 Å². The van der Waals surface area contributed by atoms with E-state index < -0.39 is 0 Å². The van der Waals surface area contributed by atoms with Crippen LogP contribution in [0.1, 0.15) is 6.92 Å². The number of nitrogens with two attached hydrogens (primary N) is 1. The lowest BCUT2D eigenvalue weighted by Gasteiger charge is -2.12. The van der Waals surface area contributed by atoms with E-state index in [1.165, 1.54) is 0 Å². The van der Waals surface area contributed by atoms with Crippen LogP contribution in [0, 0.1) is 0 Å². The monoisotopic (exact) mass is 292 g/mol. The van der Waals surface area contributed by atoms with Gasteiger partial charge in [-0.25, -0.2) is 0 Å². The third-order valence-corrected chi connectivity index (χ3v) is 3.07. The average Bonchev–Trinajstić information content (AvgIpc) is 2.45. The second kappa shape index (κ2) is 6.39. The molecule has 20 heavy (non-hydrogen) atoms. The van der Waals surface area contributed by atoms with E-state index in [9.17, 15) is 0 Å². The van der Waals surface area contributed by atoms with Crippen LogP contribution in [0.3, 0.4) is 0 Å². The van der Waals surface area contributed by atoms with Crippen LogP contribution in [0.15, 0.2) is 36.4 Å². The molecular formula is C15H17ClN2O2. The maximum Gasteiger partial charge on any atom is 0.144 e. The first-order valence-corrected chi connectivity index (χ1v) is 6.64. The van der Waals surface area contributed by atoms with Crippen molar-refractivity contribution in [2.24, 2.45) is 0 Å². The van der Waals surface area contributed by atoms with Gasteiger partial charge in [0.1, 0.15) is 11.5 Å². The first kappa shape index (κ1) is 14.3. The molecule has 0 spiro atoms. The lowest BCUT2D eigenvalue weighted by atomic mass is 10.2. The summed E-state index contributed by atoms with van der Waals surface area (Å²) in [6.45, 7) is 2.49. The van der Waals surface area contributed by atoms with Gasteiger partial charge in [-0.05, 0) is 31.2 Å². The zero-order chi connectivity index (χ0) is 14.5. The number of hydrogen-bond acceptors (Lipinski definition) is 4. The van der Waals surface area contributed by atoms with E-state index in [0.717, 1.165) is 11.4 Å². The summed E-state index contributed by atoms with van der Waals surface area (Å²) in [7, 11) is 1.58. The van der Waals surface area contributed by atoms with Crippen molar-refractivity contribution in [3.63, 3.8) is 0 Å². The van der Waals surface area contributed by atoms with Gasteiger partial charge in [0.15, 0.2) is 0 Å². The fourth-order valence-corrected chi connectivity index (χ4v) is 1.99. The number of hydrogen-bond donors (Lipinski definition) is 2. The van der Waals surface area contributed by atoms with Gasteiger partial charge in [-0.2, -0.15) is 0 Å². The summed E-state index contributed by atoms with van der Waals surface area (Å²) in [5, 5.41) is 3.83. The van der Waals surface area contributed by atoms with Gasteiger partial charge >= 0.3 is 0 Å². The van der Waals surface area contributed by atoms with E-state index in [0.29, 0.717) is 28.8 Å². The fraction of sp³-hybridized carbons (Fsp3) is 0.200. The normalized spacial score (nSPS) is 10.2. The maximum absolute atomic E-state index is 6.00. The maximum atomic E-state index is 6.00. The van der Waals surface area contributed by atoms with Crippen molar-refractivity contribution < 1.29 is 9.47 Å². The minimum atomic E-state index is 0.572. The van der Waals surface area contributed by atoms with Crippen LogP contribution in [-0.4, -0.2) is 13.7 Å². The SMILES string of the molecule is CCOc1cc(Nc2ccc(Cl)c(OC)c2)ccc1N. The molecule has 2 aromatic rings. The van der Waals surface area contributed by atoms with Gasteiger partial charge in [-0.15, -0.1) is 0 Å². The van der Waals surface area contributed by atoms with Crippen LogP contribution >= 0.6 is 11.6 Å². The molecule has 0 aliphatic carbocycles. The summed E-state index contributed by atoms with van der Waals surface area (Å²) in [4.78, 5) is 0. The predicted molar refractivity (Wildman–Crippen MR) is 83.3 cm³/mol. The third-order valence-electron chi connectivity index (χ3n) is 2.75. The molecule has 3 N–H and O–H groups in total. The molecule has 0 saturated heterocycles. The van der Waals surface area contributed by atoms with Crippen LogP contribution < -0.4 is 20.5 Å². The summed E-state index contributed by atoms with van der Waals surface area (Å²) >= 11 is 6.00. The van der Waals surface area contributed by atoms with Crippen LogP contribution in [-0.2, 0) is 0 Å². The topological polar surface area (TPSA) is 56.5 Å². The third kappa shape index (κ3) is 3.27. The number of halogens is 1. The molecule has 0 aliphatic heterocycles. The summed E-state index contributed by atoms with van der Waals surface area (Å²) in [6.07, 6.45) is 0. The van der Waals surface area contributed by atoms with Gasteiger partial charge in [-0.1, -0.05) is 11.6 Å². The molecule has 4 nitrogen and oxygen atoms in total. The number of nitrogens with one attached hydrogen (secondary N) is 1. The number of nitrogen functional groups attached to an aromatic ring is 1. The molecule has 2 aromatic carbocycles. The van der Waals surface area contributed by atoms with Gasteiger partial charge in [-0.3, -0.25) is 0 Å². The Morgan fingerprint density at radius 2 is 1.75 bits per heavy atom. The number of anilines is 3. The summed E-state index contributed by atoms with van der Waals surface area (Å²) in [5.41, 5.74) is 8.22. The minimum absolute atomic E-state index is 0.572. The number of benzene rings is 2. The number of ether oxygens (including phenoxy) is 2. The molecule has 106 valence electrons. The Morgan fingerprint density at radius 1 is 1.10 bits per heavy atom. The number of methoxy groups -OCH3 is 1. The molecule has 5 heteroatoms. The molecule has 0 unspecified atom stereocenters. The average molecular weight is 293 g/mol. The quantitative estimate of drug-likeness (QED) is 0.816. The van der Waals surface area contributed by atoms with Gasteiger partial charge in [0.05, 0.1) is 24.4 Å². The minimum Gasteiger partial charge on any atom is -0.495 e. The highest BCUT2D eigenvalue weighted by Crippen LogP contribution is 2.31. The second-order valence-electron chi connectivity index (χ2n) is 4.16. The molecule has 2 rings (SSSR count). The Balaban J connectivity index is 2.23. The van der Waals surface area contributed by atoms with Crippen molar-refractivity contribution in [1.82, 2.24) is 0 Å². The van der Waals surface area contributed by atoms with Gasteiger partial charge in [0, 0.05) is 23.5 Å². The summed E-state index contributed by atoms with van der Waals surface area (Å²) in [6, 6.07) is 11.0. The zero-order valence-electron chi connectivity index (χ0n) is 11.4. The molecule has 0 radical (unpaired) electrons. The molecule has 0 aliphatic rings. The van der Waals surface area contributed by atoms with Gasteiger partial charge < -0.3 is 20.5 Å². The van der Waals surface area contributed by atoms with E-state index in [-0.39, 0.29) is 0 Å². The molecule has 0 amide bonds. The molecule has 0 aromatic heterocycles. The van der Waals surface area contributed by atoms with E-state index in [1.54, 1.807) is 19.2 Å². The van der Waals surface area contributed by atoms with E-state index in [1.807, 2.05) is 31.2 Å². The predicted octanol–water partition coefficient (Wildman–Crippen LogP) is 4.07. The highest BCUT2D eigenvalue weighted by molar-refractivity contribution is 6.32. The van der Waals surface area contributed by atoms with E-state index in [2.05, 4.69) is 5.32 Å². The molecule has 0 atom stereocenters. The smallest absolute Gasteiger partial charge is 0.144 e. The Bertz CT molecular complexity index is 602. The zero-order valence-corrected chi connectivity index (χ0v) is 12.2. The van der Waals surface area contributed by atoms with Crippen LogP contribution in [0.5, 0.6) is 11.5 Å². The standard InChI is InChI=1S/C15H17ClN2O2/c1-3-20-15-9-11(5-7-13(15)17)18-10-4-6-12(16)14(8-10)19-2/h4-9,18H,3,17H2,1-2H3. The van der Waals surface area contributed by atoms with Crippen molar-refractivity contribution in [3.05, 3.63) is 41.4 Å². The molecule has 0 heterocycles. The molecule has 0 saturated carbocycles. The second-order valence-corrected chi connectivity index (χ2v) is 4.57. The fourth-order valence-electron chi connectivity index (χ4n) is 1.80. The van der Waals surface area contributed by atoms with Crippen LogP contribution in [0.4, 0.5) is 17.1 Å². The first-order chi connectivity index (χ1) is 9.63. The first-order valence-electron chi connectivity index (χ1n) is 6.27. The lowest BCUT2D eigenvalue weighted by molar-refractivity contribution is 0.342. The molecular weight excluding hydrogens is 276 g/mol. The Hall–Kier alpha value is -2.07. The number of rotatable bonds is 5. The Morgan fingerprint density at radius 3 is 2.40 bits per heavy atom. The van der Waals surface area contributed by atoms with Crippen molar-refractivity contribution in [2.75, 3.05) is 24.8 Å². The van der Waals surface area contributed by atoms with Crippen LogP contribution in [0.25, 0.3) is 0 Å². The van der Waals surface area contributed by atoms with Crippen molar-refractivity contribution >= 4 is 28.7 Å². The van der Waals surface area contributed by atoms with Crippen molar-refractivity contribution in [2.45, 2.75) is 6.92 Å². The van der Waals surface area contributed by atoms with Crippen molar-refractivity contribution in [3.8, 4) is 11.5 Å². The molecule has 0 bridgehead atoms. The van der Waals surface area contributed by atoms with Crippen molar-refractivity contribution in [1.29, 1.82) is 0 Å². The lowest BCUT2D eigenvalue weighted by Crippen LogP contribution is -1.98. The summed E-state index contributed by atoms with van der Waals surface area (Å²) < 4.78 is 10.7.